The molecular weight excluding hydrogens is 227 g/mol. The molecule has 1 aromatic carbocycles. The molecule has 0 radical (unpaired) electrons. The van der Waals surface area contributed by atoms with Gasteiger partial charge in [-0.15, -0.1) is 0 Å². The molecule has 1 fully saturated rings. The summed E-state index contributed by atoms with van der Waals surface area (Å²) in [4.78, 5) is 0. The second-order valence-electron chi connectivity index (χ2n) is 5.22. The zero-order valence-corrected chi connectivity index (χ0v) is 10.7. The van der Waals surface area contributed by atoms with Crippen LogP contribution in [0, 0.1) is 29.0 Å². The molecular formula is C15H19FN2. The Hall–Kier alpha value is -1.40. The highest BCUT2D eigenvalue weighted by atomic mass is 19.1. The van der Waals surface area contributed by atoms with Gasteiger partial charge in [0.25, 0.3) is 0 Å². The Morgan fingerprint density at radius 1 is 1.44 bits per heavy atom. The topological polar surface area (TPSA) is 35.8 Å². The molecule has 0 bridgehead atoms. The fourth-order valence-corrected chi connectivity index (χ4v) is 2.68. The molecule has 1 aliphatic rings. The molecule has 0 heterocycles. The SMILES string of the molecule is CC1CCCC1CNCc1ccc(C#N)cc1F. The second-order valence-corrected chi connectivity index (χ2v) is 5.22. The standard InChI is InChI=1S/C15H19FN2/c1-11-3-2-4-13(11)9-18-10-14-6-5-12(8-17)7-15(14)16/h5-7,11,13,18H,2-4,9-10H2,1H3. The first-order chi connectivity index (χ1) is 8.70. The molecule has 0 aromatic heterocycles. The zero-order valence-electron chi connectivity index (χ0n) is 10.7. The van der Waals surface area contributed by atoms with Gasteiger partial charge in [0.05, 0.1) is 11.6 Å². The average Bonchev–Trinajstić information content (AvgIpc) is 2.77. The fourth-order valence-electron chi connectivity index (χ4n) is 2.68. The molecule has 96 valence electrons. The summed E-state index contributed by atoms with van der Waals surface area (Å²) in [6.45, 7) is 3.79. The summed E-state index contributed by atoms with van der Waals surface area (Å²) in [5.41, 5.74) is 1.01. The summed E-state index contributed by atoms with van der Waals surface area (Å²) in [6.07, 6.45) is 3.92. The maximum Gasteiger partial charge on any atom is 0.129 e. The highest BCUT2D eigenvalue weighted by molar-refractivity contribution is 5.32. The Morgan fingerprint density at radius 3 is 2.89 bits per heavy atom. The monoisotopic (exact) mass is 246 g/mol. The molecule has 18 heavy (non-hydrogen) atoms. The summed E-state index contributed by atoms with van der Waals surface area (Å²) in [6, 6.07) is 6.60. The lowest BCUT2D eigenvalue weighted by Gasteiger charge is -2.16. The van der Waals surface area contributed by atoms with Crippen molar-refractivity contribution in [1.82, 2.24) is 5.32 Å². The van der Waals surface area contributed by atoms with Crippen LogP contribution in [-0.4, -0.2) is 6.54 Å². The van der Waals surface area contributed by atoms with Gasteiger partial charge in [-0.25, -0.2) is 4.39 Å². The van der Waals surface area contributed by atoms with E-state index in [1.165, 1.54) is 25.3 Å². The van der Waals surface area contributed by atoms with Crippen LogP contribution >= 0.6 is 0 Å². The quantitative estimate of drug-likeness (QED) is 0.885. The van der Waals surface area contributed by atoms with Gasteiger partial charge in [-0.1, -0.05) is 25.8 Å². The predicted molar refractivity (Wildman–Crippen MR) is 69.3 cm³/mol. The van der Waals surface area contributed by atoms with Crippen LogP contribution in [0.15, 0.2) is 18.2 Å². The van der Waals surface area contributed by atoms with Gasteiger partial charge in [0.15, 0.2) is 0 Å². The first-order valence-corrected chi connectivity index (χ1v) is 6.60. The van der Waals surface area contributed by atoms with Crippen molar-refractivity contribution < 1.29 is 4.39 Å². The second kappa shape index (κ2) is 5.97. The molecule has 0 amide bonds. The van der Waals surface area contributed by atoms with E-state index in [1.54, 1.807) is 12.1 Å². The third-order valence-corrected chi connectivity index (χ3v) is 3.94. The van der Waals surface area contributed by atoms with Crippen molar-refractivity contribution in [2.75, 3.05) is 6.54 Å². The Labute approximate surface area is 108 Å². The molecule has 1 aromatic rings. The third-order valence-electron chi connectivity index (χ3n) is 3.94. The van der Waals surface area contributed by atoms with Gasteiger partial charge < -0.3 is 5.32 Å². The van der Waals surface area contributed by atoms with Gasteiger partial charge in [-0.3, -0.25) is 0 Å². The van der Waals surface area contributed by atoms with Crippen molar-refractivity contribution >= 4 is 0 Å². The lowest BCUT2D eigenvalue weighted by atomic mass is 9.98. The zero-order chi connectivity index (χ0) is 13.0. The van der Waals surface area contributed by atoms with Crippen molar-refractivity contribution in [3.8, 4) is 6.07 Å². The minimum absolute atomic E-state index is 0.291. The van der Waals surface area contributed by atoms with Crippen molar-refractivity contribution in [2.24, 2.45) is 11.8 Å². The normalized spacial score (nSPS) is 22.9. The van der Waals surface area contributed by atoms with Crippen LogP contribution in [0.4, 0.5) is 4.39 Å². The maximum atomic E-state index is 13.6. The van der Waals surface area contributed by atoms with E-state index in [1.807, 2.05) is 6.07 Å². The fraction of sp³-hybridized carbons (Fsp3) is 0.533. The average molecular weight is 246 g/mol. The highest BCUT2D eigenvalue weighted by Gasteiger charge is 2.22. The van der Waals surface area contributed by atoms with Gasteiger partial charge >= 0.3 is 0 Å². The van der Waals surface area contributed by atoms with Crippen molar-refractivity contribution in [1.29, 1.82) is 5.26 Å². The number of nitrogens with zero attached hydrogens (tertiary/aromatic N) is 1. The highest BCUT2D eigenvalue weighted by Crippen LogP contribution is 2.30. The summed E-state index contributed by atoms with van der Waals surface area (Å²) >= 11 is 0. The summed E-state index contributed by atoms with van der Waals surface area (Å²) in [5, 5.41) is 12.0. The van der Waals surface area contributed by atoms with E-state index < -0.39 is 0 Å². The number of hydrogen-bond acceptors (Lipinski definition) is 2. The van der Waals surface area contributed by atoms with Gasteiger partial charge in [0.2, 0.25) is 0 Å². The van der Waals surface area contributed by atoms with E-state index in [0.717, 1.165) is 18.4 Å². The summed E-state index contributed by atoms with van der Waals surface area (Å²) in [5.74, 6) is 1.22. The van der Waals surface area contributed by atoms with Crippen LogP contribution in [-0.2, 0) is 6.54 Å². The molecule has 0 spiro atoms. The largest absolute Gasteiger partial charge is 0.312 e. The molecule has 2 unspecified atom stereocenters. The Kier molecular flexibility index (Phi) is 4.33. The number of nitrogens with one attached hydrogen (secondary N) is 1. The molecule has 0 aliphatic heterocycles. The first kappa shape index (κ1) is 13.0. The van der Waals surface area contributed by atoms with Gasteiger partial charge in [-0.2, -0.15) is 5.26 Å². The minimum Gasteiger partial charge on any atom is -0.312 e. The smallest absolute Gasteiger partial charge is 0.129 e. The molecule has 0 saturated heterocycles. The molecule has 1 saturated carbocycles. The molecule has 1 N–H and O–H groups in total. The van der Waals surface area contributed by atoms with Crippen LogP contribution in [0.5, 0.6) is 0 Å². The van der Waals surface area contributed by atoms with Crippen LogP contribution in [0.25, 0.3) is 0 Å². The van der Waals surface area contributed by atoms with Crippen LogP contribution in [0.3, 0.4) is 0 Å². The summed E-state index contributed by atoms with van der Waals surface area (Å²) in [7, 11) is 0. The van der Waals surface area contributed by atoms with E-state index in [-0.39, 0.29) is 5.82 Å². The molecule has 2 rings (SSSR count). The van der Waals surface area contributed by atoms with Crippen LogP contribution in [0.2, 0.25) is 0 Å². The van der Waals surface area contributed by atoms with E-state index in [0.29, 0.717) is 17.7 Å². The van der Waals surface area contributed by atoms with E-state index in [9.17, 15) is 4.39 Å². The van der Waals surface area contributed by atoms with Crippen LogP contribution < -0.4 is 5.32 Å². The Bertz CT molecular complexity index is 450. The van der Waals surface area contributed by atoms with Gasteiger partial charge in [0.1, 0.15) is 5.82 Å². The van der Waals surface area contributed by atoms with Crippen LogP contribution in [0.1, 0.15) is 37.3 Å². The molecule has 1 aliphatic carbocycles. The molecule has 3 heteroatoms. The van der Waals surface area contributed by atoms with E-state index >= 15 is 0 Å². The minimum atomic E-state index is -0.291. The number of halogens is 1. The van der Waals surface area contributed by atoms with E-state index in [2.05, 4.69) is 12.2 Å². The molecule has 2 nitrogen and oxygen atoms in total. The Balaban J connectivity index is 1.85. The third kappa shape index (κ3) is 3.08. The van der Waals surface area contributed by atoms with Gasteiger partial charge in [-0.05, 0) is 36.9 Å². The maximum absolute atomic E-state index is 13.6. The van der Waals surface area contributed by atoms with Crippen molar-refractivity contribution in [3.05, 3.63) is 35.1 Å². The number of benzene rings is 1. The number of nitriles is 1. The van der Waals surface area contributed by atoms with Crippen molar-refractivity contribution in [3.63, 3.8) is 0 Å². The summed E-state index contributed by atoms with van der Waals surface area (Å²) < 4.78 is 13.6. The predicted octanol–water partition coefficient (Wildman–Crippen LogP) is 3.22. The number of rotatable bonds is 4. The van der Waals surface area contributed by atoms with Crippen molar-refractivity contribution in [2.45, 2.75) is 32.7 Å². The lowest BCUT2D eigenvalue weighted by Crippen LogP contribution is -2.24. The van der Waals surface area contributed by atoms with Gasteiger partial charge in [0, 0.05) is 12.1 Å². The lowest BCUT2D eigenvalue weighted by molar-refractivity contribution is 0.390. The Morgan fingerprint density at radius 2 is 2.28 bits per heavy atom. The first-order valence-electron chi connectivity index (χ1n) is 6.60. The van der Waals surface area contributed by atoms with E-state index in [4.69, 9.17) is 5.26 Å². The number of hydrogen-bond donors (Lipinski definition) is 1. The molecule has 2 atom stereocenters.